The van der Waals surface area contributed by atoms with Gasteiger partial charge in [0.15, 0.2) is 0 Å². The second-order valence-electron chi connectivity index (χ2n) is 4.93. The fourth-order valence-corrected chi connectivity index (χ4v) is 2.11. The Morgan fingerprint density at radius 1 is 1.47 bits per heavy atom. The van der Waals surface area contributed by atoms with E-state index in [2.05, 4.69) is 16.7 Å². The molecule has 4 heteroatoms. The Labute approximate surface area is 114 Å². The number of hydrogen-bond donors (Lipinski definition) is 2. The Balaban J connectivity index is 1.83. The number of hydrogen-bond acceptors (Lipinski definition) is 3. The predicted octanol–water partition coefficient (Wildman–Crippen LogP) is 1.63. The molecule has 0 spiro atoms. The van der Waals surface area contributed by atoms with Crippen molar-refractivity contribution in [3.05, 3.63) is 29.3 Å². The van der Waals surface area contributed by atoms with Crippen molar-refractivity contribution in [2.45, 2.75) is 39.3 Å². The second-order valence-corrected chi connectivity index (χ2v) is 4.93. The normalized spacial score (nSPS) is 14.6. The number of fused-ring (bicyclic) bond motifs is 1. The van der Waals surface area contributed by atoms with Crippen LogP contribution in [-0.2, 0) is 17.8 Å². The monoisotopic (exact) mass is 262 g/mol. The van der Waals surface area contributed by atoms with Gasteiger partial charge in [0.05, 0.1) is 12.6 Å². The number of carbonyl (C=O) groups is 1. The molecule has 4 nitrogen and oxygen atoms in total. The first-order chi connectivity index (χ1) is 9.20. The molecule has 104 valence electrons. The largest absolute Gasteiger partial charge is 0.493 e. The van der Waals surface area contributed by atoms with Crippen LogP contribution in [0.3, 0.4) is 0 Å². The van der Waals surface area contributed by atoms with E-state index < -0.39 is 0 Å². The third kappa shape index (κ3) is 3.70. The van der Waals surface area contributed by atoms with Gasteiger partial charge < -0.3 is 15.4 Å². The minimum absolute atomic E-state index is 0.0614. The zero-order valence-electron chi connectivity index (χ0n) is 11.7. The van der Waals surface area contributed by atoms with E-state index in [0.717, 1.165) is 31.7 Å². The maximum Gasteiger partial charge on any atom is 0.236 e. The molecule has 2 N–H and O–H groups in total. The van der Waals surface area contributed by atoms with Crippen molar-refractivity contribution in [2.24, 2.45) is 0 Å². The van der Waals surface area contributed by atoms with Gasteiger partial charge in [-0.05, 0) is 30.5 Å². The van der Waals surface area contributed by atoms with E-state index in [9.17, 15) is 4.79 Å². The van der Waals surface area contributed by atoms with Gasteiger partial charge in [-0.1, -0.05) is 19.1 Å². The van der Waals surface area contributed by atoms with Crippen LogP contribution in [0.4, 0.5) is 0 Å². The molecule has 0 aromatic heterocycles. The lowest BCUT2D eigenvalue weighted by Gasteiger charge is -2.14. The molecule has 1 aromatic rings. The van der Waals surface area contributed by atoms with E-state index in [-0.39, 0.29) is 11.9 Å². The maximum atomic E-state index is 11.7. The maximum absolute atomic E-state index is 11.7. The molecular weight excluding hydrogens is 240 g/mol. The van der Waals surface area contributed by atoms with Gasteiger partial charge >= 0.3 is 0 Å². The molecule has 19 heavy (non-hydrogen) atoms. The van der Waals surface area contributed by atoms with E-state index in [0.29, 0.717) is 6.54 Å². The van der Waals surface area contributed by atoms with Gasteiger partial charge in [0, 0.05) is 19.5 Å². The Bertz CT molecular complexity index is 446. The van der Waals surface area contributed by atoms with Gasteiger partial charge in [0.1, 0.15) is 5.75 Å². The van der Waals surface area contributed by atoms with Crippen molar-refractivity contribution in [2.75, 3.05) is 13.2 Å². The van der Waals surface area contributed by atoms with Crippen molar-refractivity contribution in [3.63, 3.8) is 0 Å². The lowest BCUT2D eigenvalue weighted by atomic mass is 10.1. The van der Waals surface area contributed by atoms with E-state index >= 15 is 0 Å². The Hall–Kier alpha value is -1.55. The topological polar surface area (TPSA) is 50.4 Å². The van der Waals surface area contributed by atoms with E-state index in [1.807, 2.05) is 26.0 Å². The van der Waals surface area contributed by atoms with Crippen LogP contribution in [0.15, 0.2) is 18.2 Å². The zero-order chi connectivity index (χ0) is 13.7. The molecule has 1 heterocycles. The smallest absolute Gasteiger partial charge is 0.236 e. The quantitative estimate of drug-likeness (QED) is 0.819. The standard InChI is InChI=1S/C15H22N2O2/c1-3-7-16-15(18)11(2)17-10-12-4-5-14-13(9-12)6-8-19-14/h4-5,9,11,17H,3,6-8,10H2,1-2H3,(H,16,18). The molecule has 0 fully saturated rings. The number of benzene rings is 1. The van der Waals surface area contributed by atoms with E-state index in [1.54, 1.807) is 0 Å². The number of carbonyl (C=O) groups excluding carboxylic acids is 1. The average Bonchev–Trinajstić information content (AvgIpc) is 2.89. The summed E-state index contributed by atoms with van der Waals surface area (Å²) < 4.78 is 5.48. The summed E-state index contributed by atoms with van der Waals surface area (Å²) in [4.78, 5) is 11.7. The van der Waals surface area contributed by atoms with Crippen LogP contribution in [0.25, 0.3) is 0 Å². The molecular formula is C15H22N2O2. The highest BCUT2D eigenvalue weighted by Crippen LogP contribution is 2.25. The van der Waals surface area contributed by atoms with Crippen LogP contribution in [0, 0.1) is 0 Å². The van der Waals surface area contributed by atoms with E-state index in [4.69, 9.17) is 4.74 Å². The third-order valence-corrected chi connectivity index (χ3v) is 3.31. The minimum atomic E-state index is -0.170. The van der Waals surface area contributed by atoms with Crippen molar-refractivity contribution >= 4 is 5.91 Å². The van der Waals surface area contributed by atoms with Crippen molar-refractivity contribution in [3.8, 4) is 5.75 Å². The van der Waals surface area contributed by atoms with Gasteiger partial charge in [-0.2, -0.15) is 0 Å². The van der Waals surface area contributed by atoms with Crippen LogP contribution in [0.5, 0.6) is 5.75 Å². The molecule has 1 aliphatic rings. The first kappa shape index (κ1) is 13.9. The fraction of sp³-hybridized carbons (Fsp3) is 0.533. The van der Waals surface area contributed by atoms with Gasteiger partial charge in [0.25, 0.3) is 0 Å². The Kier molecular flexibility index (Phi) is 4.80. The molecule has 1 aromatic carbocycles. The van der Waals surface area contributed by atoms with Crippen molar-refractivity contribution in [1.29, 1.82) is 0 Å². The number of nitrogens with one attached hydrogen (secondary N) is 2. The SMILES string of the molecule is CCCNC(=O)C(C)NCc1ccc2c(c1)CCO2. The number of ether oxygens (including phenoxy) is 1. The lowest BCUT2D eigenvalue weighted by molar-refractivity contribution is -0.122. The van der Waals surface area contributed by atoms with Crippen molar-refractivity contribution < 1.29 is 9.53 Å². The third-order valence-electron chi connectivity index (χ3n) is 3.31. The van der Waals surface area contributed by atoms with Gasteiger partial charge in [-0.3, -0.25) is 4.79 Å². The molecule has 2 rings (SSSR count). The molecule has 0 saturated heterocycles. The summed E-state index contributed by atoms with van der Waals surface area (Å²) in [6.45, 7) is 6.16. The van der Waals surface area contributed by atoms with Crippen LogP contribution < -0.4 is 15.4 Å². The Morgan fingerprint density at radius 2 is 2.32 bits per heavy atom. The number of amides is 1. The summed E-state index contributed by atoms with van der Waals surface area (Å²) in [5.41, 5.74) is 2.46. The summed E-state index contributed by atoms with van der Waals surface area (Å²) in [5.74, 6) is 1.06. The summed E-state index contributed by atoms with van der Waals surface area (Å²) >= 11 is 0. The highest BCUT2D eigenvalue weighted by atomic mass is 16.5. The molecule has 0 bridgehead atoms. The molecule has 1 atom stereocenters. The Morgan fingerprint density at radius 3 is 3.11 bits per heavy atom. The average molecular weight is 262 g/mol. The minimum Gasteiger partial charge on any atom is -0.493 e. The first-order valence-corrected chi connectivity index (χ1v) is 6.96. The van der Waals surface area contributed by atoms with Crippen LogP contribution in [-0.4, -0.2) is 25.1 Å². The lowest BCUT2D eigenvalue weighted by Crippen LogP contribution is -2.42. The zero-order valence-corrected chi connectivity index (χ0v) is 11.7. The van der Waals surface area contributed by atoms with Crippen LogP contribution >= 0.6 is 0 Å². The van der Waals surface area contributed by atoms with Crippen LogP contribution in [0.2, 0.25) is 0 Å². The molecule has 0 aliphatic carbocycles. The van der Waals surface area contributed by atoms with Crippen LogP contribution in [0.1, 0.15) is 31.4 Å². The summed E-state index contributed by atoms with van der Waals surface area (Å²) in [5, 5.41) is 6.13. The highest BCUT2D eigenvalue weighted by Gasteiger charge is 2.14. The fourth-order valence-electron chi connectivity index (χ4n) is 2.11. The molecule has 0 radical (unpaired) electrons. The van der Waals surface area contributed by atoms with Crippen molar-refractivity contribution in [1.82, 2.24) is 10.6 Å². The molecule has 1 aliphatic heterocycles. The van der Waals surface area contributed by atoms with Gasteiger partial charge in [-0.15, -0.1) is 0 Å². The predicted molar refractivity (Wildman–Crippen MR) is 75.2 cm³/mol. The summed E-state index contributed by atoms with van der Waals surface area (Å²) in [6.07, 6.45) is 1.94. The van der Waals surface area contributed by atoms with Gasteiger partial charge in [0.2, 0.25) is 5.91 Å². The molecule has 1 unspecified atom stereocenters. The molecule has 0 saturated carbocycles. The van der Waals surface area contributed by atoms with Gasteiger partial charge in [-0.25, -0.2) is 0 Å². The summed E-state index contributed by atoms with van der Waals surface area (Å²) in [7, 11) is 0. The number of rotatable bonds is 6. The summed E-state index contributed by atoms with van der Waals surface area (Å²) in [6, 6.07) is 6.05. The highest BCUT2D eigenvalue weighted by molar-refractivity contribution is 5.81. The molecule has 1 amide bonds. The van der Waals surface area contributed by atoms with E-state index in [1.165, 1.54) is 11.1 Å². The second kappa shape index (κ2) is 6.57. The first-order valence-electron chi connectivity index (χ1n) is 6.96.